The number of anilines is 2. The first kappa shape index (κ1) is 19.5. The topological polar surface area (TPSA) is 59.0 Å². The second-order valence-electron chi connectivity index (χ2n) is 7.12. The zero-order valence-corrected chi connectivity index (χ0v) is 16.6. The monoisotopic (exact) mass is 420 g/mol. The van der Waals surface area contributed by atoms with Crippen molar-refractivity contribution in [3.8, 4) is 0 Å². The van der Waals surface area contributed by atoms with E-state index in [0.29, 0.717) is 5.69 Å². The summed E-state index contributed by atoms with van der Waals surface area (Å²) in [4.78, 5) is 13.4. The van der Waals surface area contributed by atoms with Crippen LogP contribution < -0.4 is 10.6 Å². The third kappa shape index (κ3) is 3.87. The molecule has 1 amide bonds. The minimum absolute atomic E-state index is 0.0631. The van der Waals surface area contributed by atoms with Gasteiger partial charge in [-0.3, -0.25) is 4.79 Å². The standard InChI is InChI=1S/C20H19F3N4OS/c1-11-5-6-13(8-12(11)2)24-19(28)15-10-18-25-14(16-4-3-7-29-16)9-17(20(21,22)23)27(18)26-15/h3-8,10,14,17,25H,9H2,1-2H3,(H,24,28). The number of nitrogens with one attached hydrogen (secondary N) is 2. The minimum atomic E-state index is -4.47. The van der Waals surface area contributed by atoms with E-state index in [1.807, 2.05) is 31.4 Å². The Morgan fingerprint density at radius 2 is 2.03 bits per heavy atom. The summed E-state index contributed by atoms with van der Waals surface area (Å²) in [6.07, 6.45) is -4.66. The van der Waals surface area contributed by atoms with Gasteiger partial charge in [-0.2, -0.15) is 18.3 Å². The number of carbonyl (C=O) groups excluding carboxylic acids is 1. The number of aryl methyl sites for hydroxylation is 2. The molecule has 2 aromatic heterocycles. The van der Waals surface area contributed by atoms with Crippen LogP contribution in [0.2, 0.25) is 0 Å². The lowest BCUT2D eigenvalue weighted by molar-refractivity contribution is -0.173. The highest BCUT2D eigenvalue weighted by molar-refractivity contribution is 7.10. The number of aromatic nitrogens is 2. The molecule has 2 unspecified atom stereocenters. The number of fused-ring (bicyclic) bond motifs is 1. The van der Waals surface area contributed by atoms with Crippen molar-refractivity contribution in [2.75, 3.05) is 10.6 Å². The average Bonchev–Trinajstić information content (AvgIpc) is 3.32. The van der Waals surface area contributed by atoms with Crippen molar-refractivity contribution in [1.29, 1.82) is 0 Å². The molecule has 0 spiro atoms. The molecule has 29 heavy (non-hydrogen) atoms. The van der Waals surface area contributed by atoms with E-state index < -0.39 is 24.2 Å². The number of amides is 1. The third-order valence-corrected chi connectivity index (χ3v) is 6.06. The fourth-order valence-corrected chi connectivity index (χ4v) is 4.17. The number of carbonyl (C=O) groups is 1. The number of rotatable bonds is 3. The van der Waals surface area contributed by atoms with Crippen molar-refractivity contribution in [2.24, 2.45) is 0 Å². The maximum Gasteiger partial charge on any atom is 0.410 e. The first-order valence-corrected chi connectivity index (χ1v) is 9.95. The summed E-state index contributed by atoms with van der Waals surface area (Å²) in [5.74, 6) is -0.368. The van der Waals surface area contributed by atoms with Gasteiger partial charge >= 0.3 is 6.18 Å². The van der Waals surface area contributed by atoms with Gasteiger partial charge in [0.2, 0.25) is 0 Å². The molecular formula is C20H19F3N4OS. The SMILES string of the molecule is Cc1ccc(NC(=O)c2cc3n(n2)C(C(F)(F)F)CC(c2cccs2)N3)cc1C. The number of nitrogens with zero attached hydrogens (tertiary/aromatic N) is 2. The maximum atomic E-state index is 13.7. The molecule has 0 bridgehead atoms. The molecule has 4 rings (SSSR count). The van der Waals surface area contributed by atoms with Gasteiger partial charge in [0.05, 0.1) is 6.04 Å². The summed E-state index contributed by atoms with van der Waals surface area (Å²) in [6.45, 7) is 3.88. The first-order valence-electron chi connectivity index (χ1n) is 9.07. The molecule has 152 valence electrons. The summed E-state index contributed by atoms with van der Waals surface area (Å²) < 4.78 is 41.9. The molecule has 5 nitrogen and oxygen atoms in total. The smallest absolute Gasteiger partial charge is 0.363 e. The fourth-order valence-electron chi connectivity index (χ4n) is 3.37. The molecule has 0 saturated heterocycles. The second-order valence-corrected chi connectivity index (χ2v) is 8.10. The molecule has 0 saturated carbocycles. The van der Waals surface area contributed by atoms with Crippen LogP contribution >= 0.6 is 11.3 Å². The van der Waals surface area contributed by atoms with Gasteiger partial charge in [-0.25, -0.2) is 4.68 Å². The quantitative estimate of drug-likeness (QED) is 0.590. The lowest BCUT2D eigenvalue weighted by atomic mass is 10.0. The average molecular weight is 420 g/mol. The van der Waals surface area contributed by atoms with Crippen LogP contribution in [-0.2, 0) is 0 Å². The summed E-state index contributed by atoms with van der Waals surface area (Å²) in [6, 6.07) is 8.13. The van der Waals surface area contributed by atoms with Gasteiger partial charge in [0.15, 0.2) is 11.7 Å². The highest BCUT2D eigenvalue weighted by Crippen LogP contribution is 2.44. The van der Waals surface area contributed by atoms with Crippen molar-refractivity contribution in [2.45, 2.75) is 38.5 Å². The van der Waals surface area contributed by atoms with E-state index in [9.17, 15) is 18.0 Å². The minimum Gasteiger partial charge on any atom is -0.363 e. The Kier molecular flexibility index (Phi) is 4.85. The summed E-state index contributed by atoms with van der Waals surface area (Å²) in [7, 11) is 0. The number of halogens is 3. The molecule has 2 atom stereocenters. The van der Waals surface area contributed by atoms with E-state index in [1.54, 1.807) is 18.2 Å². The Labute approximate surface area is 169 Å². The van der Waals surface area contributed by atoms with Crippen LogP contribution in [0.4, 0.5) is 24.7 Å². The number of alkyl halides is 3. The lowest BCUT2D eigenvalue weighted by Crippen LogP contribution is -2.35. The van der Waals surface area contributed by atoms with E-state index in [1.165, 1.54) is 17.4 Å². The van der Waals surface area contributed by atoms with E-state index in [4.69, 9.17) is 0 Å². The summed E-state index contributed by atoms with van der Waals surface area (Å²) in [5, 5.41) is 11.6. The fraction of sp³-hybridized carbons (Fsp3) is 0.300. The van der Waals surface area contributed by atoms with Crippen molar-refractivity contribution in [1.82, 2.24) is 9.78 Å². The number of hydrogen-bond donors (Lipinski definition) is 2. The molecule has 3 heterocycles. The molecule has 2 N–H and O–H groups in total. The van der Waals surface area contributed by atoms with Gasteiger partial charge in [-0.15, -0.1) is 11.3 Å². The Balaban J connectivity index is 1.63. The largest absolute Gasteiger partial charge is 0.410 e. The molecular weight excluding hydrogens is 401 g/mol. The van der Waals surface area contributed by atoms with E-state index in [-0.39, 0.29) is 17.9 Å². The molecule has 0 fully saturated rings. The highest BCUT2D eigenvalue weighted by atomic mass is 32.1. The van der Waals surface area contributed by atoms with Gasteiger partial charge in [0.1, 0.15) is 5.82 Å². The Morgan fingerprint density at radius 1 is 1.24 bits per heavy atom. The number of thiophene rings is 1. The molecule has 9 heteroatoms. The van der Waals surface area contributed by atoms with Crippen molar-refractivity contribution < 1.29 is 18.0 Å². The van der Waals surface area contributed by atoms with Crippen LogP contribution in [-0.4, -0.2) is 21.9 Å². The zero-order chi connectivity index (χ0) is 20.8. The highest BCUT2D eigenvalue weighted by Gasteiger charge is 2.47. The number of benzene rings is 1. The predicted octanol–water partition coefficient (Wildman–Crippen LogP) is 5.47. The van der Waals surface area contributed by atoms with Crippen LogP contribution in [0.1, 0.15) is 45.0 Å². The molecule has 0 radical (unpaired) electrons. The predicted molar refractivity (Wildman–Crippen MR) is 106 cm³/mol. The van der Waals surface area contributed by atoms with E-state index >= 15 is 0 Å². The third-order valence-electron chi connectivity index (χ3n) is 5.07. The van der Waals surface area contributed by atoms with E-state index in [0.717, 1.165) is 20.7 Å². The summed E-state index contributed by atoms with van der Waals surface area (Å²) in [5.41, 5.74) is 2.59. The van der Waals surface area contributed by atoms with Crippen molar-refractivity contribution in [3.63, 3.8) is 0 Å². The van der Waals surface area contributed by atoms with Crippen molar-refractivity contribution >= 4 is 28.7 Å². The van der Waals surface area contributed by atoms with Crippen LogP contribution in [0, 0.1) is 13.8 Å². The van der Waals surface area contributed by atoms with Crippen molar-refractivity contribution in [3.05, 3.63) is 63.5 Å². The first-order chi connectivity index (χ1) is 13.7. The van der Waals surface area contributed by atoms with Gasteiger partial charge in [0.25, 0.3) is 5.91 Å². The zero-order valence-electron chi connectivity index (χ0n) is 15.7. The van der Waals surface area contributed by atoms with Crippen LogP contribution in [0.25, 0.3) is 0 Å². The number of hydrogen-bond acceptors (Lipinski definition) is 4. The molecule has 3 aromatic rings. The Morgan fingerprint density at radius 3 is 2.69 bits per heavy atom. The summed E-state index contributed by atoms with van der Waals surface area (Å²) >= 11 is 1.40. The van der Waals surface area contributed by atoms with Gasteiger partial charge < -0.3 is 10.6 Å². The maximum absolute atomic E-state index is 13.7. The van der Waals surface area contributed by atoms with Crippen LogP contribution in [0.5, 0.6) is 0 Å². The van der Waals surface area contributed by atoms with Gasteiger partial charge in [0, 0.05) is 23.1 Å². The molecule has 1 aliphatic heterocycles. The Bertz CT molecular complexity index is 1040. The van der Waals surface area contributed by atoms with Crippen LogP contribution in [0.15, 0.2) is 41.8 Å². The van der Waals surface area contributed by atoms with Crippen LogP contribution in [0.3, 0.4) is 0 Å². The Hall–Kier alpha value is -2.81. The van der Waals surface area contributed by atoms with Gasteiger partial charge in [-0.1, -0.05) is 12.1 Å². The lowest BCUT2D eigenvalue weighted by Gasteiger charge is -2.32. The van der Waals surface area contributed by atoms with Gasteiger partial charge in [-0.05, 0) is 48.6 Å². The second kappa shape index (κ2) is 7.22. The molecule has 1 aromatic carbocycles. The molecule has 0 aliphatic carbocycles. The van der Waals surface area contributed by atoms with E-state index in [2.05, 4.69) is 15.7 Å². The molecule has 1 aliphatic rings. The normalized spacial score (nSPS) is 18.8.